The van der Waals surface area contributed by atoms with Gasteiger partial charge in [-0.2, -0.15) is 0 Å². The second kappa shape index (κ2) is 4.31. The van der Waals surface area contributed by atoms with Crippen LogP contribution in [0.25, 0.3) is 0 Å². The van der Waals surface area contributed by atoms with Gasteiger partial charge < -0.3 is 5.11 Å². The Morgan fingerprint density at radius 2 is 1.83 bits per heavy atom. The summed E-state index contributed by atoms with van der Waals surface area (Å²) in [6.07, 6.45) is 12.3. The average Bonchev–Trinajstić information content (AvgIpc) is 3.08. The van der Waals surface area contributed by atoms with Crippen LogP contribution in [0.15, 0.2) is 16.6 Å². The van der Waals surface area contributed by atoms with E-state index in [0.717, 1.165) is 30.6 Å². The largest absolute Gasteiger partial charge is 0.393 e. The summed E-state index contributed by atoms with van der Waals surface area (Å²) in [4.78, 5) is 4.96. The summed E-state index contributed by atoms with van der Waals surface area (Å²) in [6.45, 7) is 7.35. The Balaban J connectivity index is 1.50. The highest BCUT2D eigenvalue weighted by Gasteiger charge is 2.68. The number of hydrogen-bond acceptors (Lipinski definition) is 2. The highest BCUT2D eigenvalue weighted by molar-refractivity contribution is 6.04. The summed E-state index contributed by atoms with van der Waals surface area (Å²) < 4.78 is 0. The first-order valence-corrected chi connectivity index (χ1v) is 9.85. The van der Waals surface area contributed by atoms with Gasteiger partial charge in [0.1, 0.15) is 5.54 Å². The lowest BCUT2D eigenvalue weighted by Gasteiger charge is -2.58. The maximum atomic E-state index is 10.1. The maximum absolute atomic E-state index is 10.1. The summed E-state index contributed by atoms with van der Waals surface area (Å²) in [7, 11) is 0. The second-order valence-corrected chi connectivity index (χ2v) is 9.71. The predicted octanol–water partition coefficient (Wildman–Crippen LogP) is 4.52. The van der Waals surface area contributed by atoms with Gasteiger partial charge >= 0.3 is 0 Å². The molecule has 0 aromatic heterocycles. The smallest absolute Gasteiger partial charge is 0.104 e. The molecule has 0 aromatic carbocycles. The summed E-state index contributed by atoms with van der Waals surface area (Å²) in [5, 5.41) is 10.1. The van der Waals surface area contributed by atoms with Gasteiger partial charge in [-0.3, -0.25) is 4.99 Å². The third-order valence-corrected chi connectivity index (χ3v) is 9.14. The maximum Gasteiger partial charge on any atom is 0.104 e. The van der Waals surface area contributed by atoms with Crippen LogP contribution in [0.5, 0.6) is 0 Å². The van der Waals surface area contributed by atoms with Crippen molar-refractivity contribution in [1.82, 2.24) is 0 Å². The number of fused-ring (bicyclic) bond motifs is 6. The van der Waals surface area contributed by atoms with E-state index in [1.54, 1.807) is 5.57 Å². The monoisotopic (exact) mass is 313 g/mol. The molecule has 0 amide bonds. The standard InChI is InChI=1S/C21H31NO/c1-13-21(22-13)11-8-18-16-5-4-14-12-15(23)6-9-19(14,2)17(16)7-10-20(18,21)3/h4,15-18,23H,5-12H2,1-3H3/t15-,16-,17+,18+,19+,20+,21+/m1/s1. The number of aliphatic hydroxyl groups excluding tert-OH is 1. The van der Waals surface area contributed by atoms with Gasteiger partial charge in [0.25, 0.3) is 0 Å². The van der Waals surface area contributed by atoms with Crippen molar-refractivity contribution in [3.05, 3.63) is 11.6 Å². The van der Waals surface area contributed by atoms with Crippen LogP contribution < -0.4 is 0 Å². The minimum atomic E-state index is -0.0861. The second-order valence-electron chi connectivity index (χ2n) is 9.71. The molecule has 126 valence electrons. The van der Waals surface area contributed by atoms with Crippen LogP contribution in [0, 0.1) is 28.6 Å². The van der Waals surface area contributed by atoms with Crippen LogP contribution >= 0.6 is 0 Å². The fraction of sp³-hybridized carbons (Fsp3) is 0.857. The lowest BCUT2D eigenvalue weighted by molar-refractivity contribution is -0.0422. The lowest BCUT2D eigenvalue weighted by Crippen LogP contribution is -2.52. The van der Waals surface area contributed by atoms with E-state index in [1.165, 1.54) is 44.2 Å². The van der Waals surface area contributed by atoms with E-state index in [2.05, 4.69) is 26.8 Å². The summed E-state index contributed by atoms with van der Waals surface area (Å²) >= 11 is 0. The first-order valence-electron chi connectivity index (χ1n) is 9.85. The lowest BCUT2D eigenvalue weighted by atomic mass is 9.47. The van der Waals surface area contributed by atoms with Crippen molar-refractivity contribution in [3.8, 4) is 0 Å². The molecule has 3 fully saturated rings. The van der Waals surface area contributed by atoms with Gasteiger partial charge in [-0.25, -0.2) is 0 Å². The number of aliphatic imine (C=N–C) groups is 1. The number of rotatable bonds is 0. The van der Waals surface area contributed by atoms with E-state index >= 15 is 0 Å². The van der Waals surface area contributed by atoms with Crippen molar-refractivity contribution in [2.24, 2.45) is 33.6 Å². The molecule has 0 unspecified atom stereocenters. The molecule has 7 atom stereocenters. The molecular weight excluding hydrogens is 282 g/mol. The molecule has 23 heavy (non-hydrogen) atoms. The van der Waals surface area contributed by atoms with Crippen molar-refractivity contribution in [3.63, 3.8) is 0 Å². The Bertz CT molecular complexity index is 621. The van der Waals surface area contributed by atoms with Crippen LogP contribution in [0.4, 0.5) is 0 Å². The highest BCUT2D eigenvalue weighted by Crippen LogP contribution is 2.70. The van der Waals surface area contributed by atoms with E-state index < -0.39 is 0 Å². The molecule has 1 heterocycles. The van der Waals surface area contributed by atoms with E-state index in [-0.39, 0.29) is 11.6 Å². The highest BCUT2D eigenvalue weighted by atomic mass is 16.3. The van der Waals surface area contributed by atoms with Gasteiger partial charge in [0, 0.05) is 11.1 Å². The molecule has 1 spiro atoms. The number of allylic oxidation sites excluding steroid dienone is 1. The van der Waals surface area contributed by atoms with Gasteiger partial charge in [-0.1, -0.05) is 25.5 Å². The van der Waals surface area contributed by atoms with Crippen molar-refractivity contribution in [2.75, 3.05) is 0 Å². The first-order chi connectivity index (χ1) is 10.9. The zero-order valence-electron chi connectivity index (χ0n) is 14.9. The van der Waals surface area contributed by atoms with Gasteiger partial charge in [0.2, 0.25) is 0 Å². The molecule has 0 bridgehead atoms. The Morgan fingerprint density at radius 3 is 2.57 bits per heavy atom. The summed E-state index contributed by atoms with van der Waals surface area (Å²) in [5.74, 6) is 2.58. The topological polar surface area (TPSA) is 32.6 Å². The van der Waals surface area contributed by atoms with Crippen LogP contribution in [0.3, 0.4) is 0 Å². The molecule has 4 aliphatic carbocycles. The molecule has 0 radical (unpaired) electrons. The molecule has 2 heteroatoms. The Labute approximate surface area is 140 Å². The van der Waals surface area contributed by atoms with Crippen molar-refractivity contribution in [1.29, 1.82) is 0 Å². The zero-order valence-corrected chi connectivity index (χ0v) is 14.9. The molecule has 0 saturated heterocycles. The number of nitrogens with zero attached hydrogens (tertiary/aromatic N) is 1. The average molecular weight is 313 g/mol. The van der Waals surface area contributed by atoms with Crippen LogP contribution in [0.1, 0.15) is 72.1 Å². The molecule has 5 rings (SSSR count). The Hall–Kier alpha value is -0.630. The van der Waals surface area contributed by atoms with Crippen LogP contribution in [0.2, 0.25) is 0 Å². The molecule has 1 N–H and O–H groups in total. The molecule has 5 aliphatic rings. The van der Waals surface area contributed by atoms with Gasteiger partial charge in [0.05, 0.1) is 6.10 Å². The Kier molecular flexibility index (Phi) is 2.75. The van der Waals surface area contributed by atoms with Crippen LogP contribution in [-0.4, -0.2) is 22.5 Å². The number of aliphatic hydroxyl groups is 1. The molecule has 2 nitrogen and oxygen atoms in total. The van der Waals surface area contributed by atoms with E-state index in [1.807, 2.05) is 0 Å². The number of hydrogen-bond donors (Lipinski definition) is 1. The SMILES string of the molecule is CC1=N[C@@]12CC[C@H]1[C@@H]3CC=C4C[C@H](O)CC[C@]4(C)[C@H]3CC[C@@]12C. The molecule has 0 aromatic rings. The van der Waals surface area contributed by atoms with Gasteiger partial charge in [-0.15, -0.1) is 0 Å². The third-order valence-electron chi connectivity index (χ3n) is 9.14. The Morgan fingerprint density at radius 1 is 1.09 bits per heavy atom. The van der Waals surface area contributed by atoms with Crippen molar-refractivity contribution < 1.29 is 5.11 Å². The van der Waals surface area contributed by atoms with E-state index in [9.17, 15) is 5.11 Å². The summed E-state index contributed by atoms with van der Waals surface area (Å²) in [5.41, 5.74) is 4.12. The van der Waals surface area contributed by atoms with Gasteiger partial charge in [-0.05, 0) is 81.5 Å². The minimum Gasteiger partial charge on any atom is -0.393 e. The fourth-order valence-corrected chi connectivity index (χ4v) is 7.69. The van der Waals surface area contributed by atoms with E-state index in [0.29, 0.717) is 10.8 Å². The predicted molar refractivity (Wildman–Crippen MR) is 93.5 cm³/mol. The van der Waals surface area contributed by atoms with Crippen LogP contribution in [-0.2, 0) is 0 Å². The van der Waals surface area contributed by atoms with Gasteiger partial charge in [0.15, 0.2) is 0 Å². The molecule has 1 aliphatic heterocycles. The first kappa shape index (κ1) is 14.7. The van der Waals surface area contributed by atoms with Crippen molar-refractivity contribution in [2.45, 2.75) is 83.8 Å². The van der Waals surface area contributed by atoms with Crippen molar-refractivity contribution >= 4 is 5.71 Å². The summed E-state index contributed by atoms with van der Waals surface area (Å²) in [6, 6.07) is 0. The third kappa shape index (κ3) is 1.62. The molecule has 3 saturated carbocycles. The normalized spacial score (nSPS) is 57.2. The molecular formula is C21H31NO. The van der Waals surface area contributed by atoms with E-state index in [4.69, 9.17) is 4.99 Å². The zero-order chi connectivity index (χ0) is 16.0. The quantitative estimate of drug-likeness (QED) is 0.655. The fourth-order valence-electron chi connectivity index (χ4n) is 7.69. The minimum absolute atomic E-state index is 0.0861.